The second kappa shape index (κ2) is 7.00. The molecule has 2 atom stereocenters. The number of hydrogen-bond acceptors (Lipinski definition) is 2. The second-order valence-electron chi connectivity index (χ2n) is 8.05. The molecule has 1 saturated heterocycles. The lowest BCUT2D eigenvalue weighted by molar-refractivity contribution is -0.00157. The summed E-state index contributed by atoms with van der Waals surface area (Å²) in [6.07, 6.45) is 8.73. The molecule has 1 aromatic carbocycles. The molecule has 0 aromatic heterocycles. The van der Waals surface area contributed by atoms with E-state index >= 15 is 0 Å². The summed E-state index contributed by atoms with van der Waals surface area (Å²) >= 11 is 0. The fourth-order valence-corrected chi connectivity index (χ4v) is 3.85. The Kier molecular flexibility index (Phi) is 4.98. The average molecular weight is 327 g/mol. The molecule has 0 N–H and O–H groups in total. The number of carbonyl (C=O) groups excluding carboxylic acids is 1. The average Bonchev–Trinajstić information content (AvgIpc) is 2.51. The van der Waals surface area contributed by atoms with E-state index in [2.05, 4.69) is 36.4 Å². The predicted molar refractivity (Wildman–Crippen MR) is 97.0 cm³/mol. The lowest BCUT2D eigenvalue weighted by atomic mass is 9.83. The van der Waals surface area contributed by atoms with Gasteiger partial charge in [-0.15, -0.1) is 0 Å². The van der Waals surface area contributed by atoms with Crippen molar-refractivity contribution in [2.24, 2.45) is 0 Å². The number of aryl methyl sites for hydroxylation is 1. The van der Waals surface area contributed by atoms with Gasteiger partial charge in [-0.1, -0.05) is 42.0 Å². The number of fused-ring (bicyclic) bond motifs is 2. The van der Waals surface area contributed by atoms with E-state index in [1.165, 1.54) is 17.6 Å². The SMILES string of the molecule is CC(C)(C)OC(=O)N1C2C=C(CCc3ccccc3)CC1CCC2. The molecule has 1 aromatic rings. The first-order chi connectivity index (χ1) is 11.4. The summed E-state index contributed by atoms with van der Waals surface area (Å²) in [6, 6.07) is 11.2. The molecule has 0 saturated carbocycles. The Morgan fingerprint density at radius 2 is 1.92 bits per heavy atom. The number of carbonyl (C=O) groups is 1. The van der Waals surface area contributed by atoms with Crippen LogP contribution in [0.25, 0.3) is 0 Å². The second-order valence-corrected chi connectivity index (χ2v) is 8.05. The van der Waals surface area contributed by atoms with Crippen LogP contribution in [0.4, 0.5) is 4.79 Å². The highest BCUT2D eigenvalue weighted by molar-refractivity contribution is 5.70. The van der Waals surface area contributed by atoms with Crippen molar-refractivity contribution in [1.82, 2.24) is 4.90 Å². The van der Waals surface area contributed by atoms with Crippen molar-refractivity contribution in [3.63, 3.8) is 0 Å². The molecule has 2 unspecified atom stereocenters. The molecule has 2 aliphatic heterocycles. The number of piperidine rings is 1. The molecular weight excluding hydrogens is 298 g/mol. The number of benzene rings is 1. The Bertz CT molecular complexity index is 600. The molecule has 130 valence electrons. The predicted octanol–water partition coefficient (Wildman–Crippen LogP) is 5.11. The highest BCUT2D eigenvalue weighted by Gasteiger charge is 2.38. The summed E-state index contributed by atoms with van der Waals surface area (Å²) in [7, 11) is 0. The van der Waals surface area contributed by atoms with Crippen LogP contribution in [0.2, 0.25) is 0 Å². The lowest BCUT2D eigenvalue weighted by Gasteiger charge is -2.45. The monoisotopic (exact) mass is 327 g/mol. The van der Waals surface area contributed by atoms with Gasteiger partial charge in [-0.25, -0.2) is 4.79 Å². The van der Waals surface area contributed by atoms with Crippen LogP contribution >= 0.6 is 0 Å². The highest BCUT2D eigenvalue weighted by atomic mass is 16.6. The molecule has 0 radical (unpaired) electrons. The Morgan fingerprint density at radius 1 is 1.17 bits per heavy atom. The summed E-state index contributed by atoms with van der Waals surface area (Å²) < 4.78 is 5.64. The fraction of sp³-hybridized carbons (Fsp3) is 0.571. The molecule has 3 nitrogen and oxygen atoms in total. The van der Waals surface area contributed by atoms with E-state index in [1.807, 2.05) is 25.7 Å². The van der Waals surface area contributed by atoms with E-state index in [0.717, 1.165) is 32.1 Å². The molecule has 2 heterocycles. The zero-order valence-corrected chi connectivity index (χ0v) is 15.1. The zero-order valence-electron chi connectivity index (χ0n) is 15.1. The summed E-state index contributed by atoms with van der Waals surface area (Å²) in [6.45, 7) is 5.81. The van der Waals surface area contributed by atoms with Gasteiger partial charge in [0.25, 0.3) is 0 Å². The highest BCUT2D eigenvalue weighted by Crippen LogP contribution is 2.35. The quantitative estimate of drug-likeness (QED) is 0.722. The van der Waals surface area contributed by atoms with Crippen molar-refractivity contribution in [2.75, 3.05) is 0 Å². The Labute approximate surface area is 145 Å². The normalized spacial score (nSPS) is 23.6. The van der Waals surface area contributed by atoms with Crippen molar-refractivity contribution in [1.29, 1.82) is 0 Å². The van der Waals surface area contributed by atoms with Crippen LogP contribution in [0.5, 0.6) is 0 Å². The lowest BCUT2D eigenvalue weighted by Crippen LogP contribution is -2.53. The standard InChI is InChI=1S/C21H29NO2/c1-21(2,3)24-20(23)22-18-10-7-11-19(22)15-17(14-18)13-12-16-8-5-4-6-9-16/h4-6,8-9,14,18-19H,7,10-13,15H2,1-3H3. The van der Waals surface area contributed by atoms with Gasteiger partial charge >= 0.3 is 6.09 Å². The molecule has 3 rings (SSSR count). The van der Waals surface area contributed by atoms with E-state index in [4.69, 9.17) is 4.74 Å². The summed E-state index contributed by atoms with van der Waals surface area (Å²) in [4.78, 5) is 14.6. The van der Waals surface area contributed by atoms with E-state index in [-0.39, 0.29) is 12.1 Å². The third-order valence-electron chi connectivity index (χ3n) is 4.90. The molecule has 2 bridgehead atoms. The van der Waals surface area contributed by atoms with E-state index in [9.17, 15) is 4.79 Å². The van der Waals surface area contributed by atoms with Crippen LogP contribution < -0.4 is 0 Å². The minimum Gasteiger partial charge on any atom is -0.444 e. The van der Waals surface area contributed by atoms with E-state index in [1.54, 1.807) is 0 Å². The Balaban J connectivity index is 1.67. The minimum atomic E-state index is -0.428. The first kappa shape index (κ1) is 17.1. The smallest absolute Gasteiger partial charge is 0.411 e. The van der Waals surface area contributed by atoms with Gasteiger partial charge in [-0.2, -0.15) is 0 Å². The van der Waals surface area contributed by atoms with Crippen molar-refractivity contribution in [3.05, 3.63) is 47.5 Å². The van der Waals surface area contributed by atoms with Crippen LogP contribution in [0.15, 0.2) is 42.0 Å². The van der Waals surface area contributed by atoms with Crippen LogP contribution in [0, 0.1) is 0 Å². The molecule has 24 heavy (non-hydrogen) atoms. The van der Waals surface area contributed by atoms with Crippen molar-refractivity contribution < 1.29 is 9.53 Å². The zero-order chi connectivity index (χ0) is 17.2. The summed E-state index contributed by atoms with van der Waals surface area (Å²) in [5.74, 6) is 0. The number of hydrogen-bond donors (Lipinski definition) is 0. The van der Waals surface area contributed by atoms with Gasteiger partial charge in [0, 0.05) is 6.04 Å². The topological polar surface area (TPSA) is 29.5 Å². The molecular formula is C21H29NO2. The van der Waals surface area contributed by atoms with Crippen molar-refractivity contribution in [3.8, 4) is 0 Å². The Hall–Kier alpha value is -1.77. The molecule has 1 fully saturated rings. The van der Waals surface area contributed by atoms with Gasteiger partial charge in [0.1, 0.15) is 5.60 Å². The van der Waals surface area contributed by atoms with Gasteiger partial charge in [0.2, 0.25) is 0 Å². The van der Waals surface area contributed by atoms with Crippen LogP contribution in [0.1, 0.15) is 58.4 Å². The van der Waals surface area contributed by atoms with Gasteiger partial charge in [0.15, 0.2) is 0 Å². The third-order valence-corrected chi connectivity index (χ3v) is 4.90. The van der Waals surface area contributed by atoms with Crippen LogP contribution in [-0.4, -0.2) is 28.7 Å². The maximum Gasteiger partial charge on any atom is 0.411 e. The molecule has 0 spiro atoms. The minimum absolute atomic E-state index is 0.143. The largest absolute Gasteiger partial charge is 0.444 e. The summed E-state index contributed by atoms with van der Waals surface area (Å²) in [5.41, 5.74) is 2.47. The Morgan fingerprint density at radius 3 is 2.58 bits per heavy atom. The molecule has 3 heteroatoms. The number of rotatable bonds is 3. The van der Waals surface area contributed by atoms with Gasteiger partial charge < -0.3 is 4.74 Å². The number of ether oxygens (including phenoxy) is 1. The van der Waals surface area contributed by atoms with E-state index in [0.29, 0.717) is 6.04 Å². The summed E-state index contributed by atoms with van der Waals surface area (Å²) in [5, 5.41) is 0. The van der Waals surface area contributed by atoms with Gasteiger partial charge in [0.05, 0.1) is 6.04 Å². The van der Waals surface area contributed by atoms with Crippen LogP contribution in [-0.2, 0) is 11.2 Å². The van der Waals surface area contributed by atoms with Gasteiger partial charge in [-0.3, -0.25) is 4.90 Å². The molecule has 1 amide bonds. The number of nitrogens with zero attached hydrogens (tertiary/aromatic N) is 1. The molecule has 2 aliphatic rings. The first-order valence-electron chi connectivity index (χ1n) is 9.17. The van der Waals surface area contributed by atoms with Crippen molar-refractivity contribution in [2.45, 2.75) is 77.0 Å². The van der Waals surface area contributed by atoms with Crippen LogP contribution in [0.3, 0.4) is 0 Å². The molecule has 0 aliphatic carbocycles. The first-order valence-corrected chi connectivity index (χ1v) is 9.17. The van der Waals surface area contributed by atoms with Crippen molar-refractivity contribution >= 4 is 6.09 Å². The fourth-order valence-electron chi connectivity index (χ4n) is 3.85. The van der Waals surface area contributed by atoms with E-state index < -0.39 is 5.60 Å². The van der Waals surface area contributed by atoms with Gasteiger partial charge in [-0.05, 0) is 64.9 Å². The maximum absolute atomic E-state index is 12.6. The maximum atomic E-state index is 12.6. The number of amides is 1. The third kappa shape index (κ3) is 4.19.